The maximum absolute atomic E-state index is 5.90. The van der Waals surface area contributed by atoms with Crippen LogP contribution in [0.4, 0.5) is 5.69 Å². The summed E-state index contributed by atoms with van der Waals surface area (Å²) in [5.74, 6) is 1.23. The van der Waals surface area contributed by atoms with Crippen molar-refractivity contribution >= 4 is 51.6 Å². The Balaban J connectivity index is 0.00000264. The molecule has 0 saturated carbocycles. The van der Waals surface area contributed by atoms with Gasteiger partial charge in [0.1, 0.15) is 5.75 Å². The zero-order chi connectivity index (χ0) is 15.9. The lowest BCUT2D eigenvalue weighted by molar-refractivity contribution is 0.242. The van der Waals surface area contributed by atoms with Crippen LogP contribution in [-0.4, -0.2) is 12.1 Å². The molecule has 0 fully saturated rings. The first-order valence-corrected chi connectivity index (χ1v) is 7.90. The maximum Gasteiger partial charge on any atom is 0.193 e. The van der Waals surface area contributed by atoms with Crippen LogP contribution in [0.3, 0.4) is 0 Å². The number of hydrogen-bond donors (Lipinski definition) is 2. The van der Waals surface area contributed by atoms with Gasteiger partial charge in [0.25, 0.3) is 0 Å². The molecule has 0 aliphatic rings. The minimum atomic E-state index is 0. The molecule has 0 atom stereocenters. The molecule has 124 valence electrons. The Morgan fingerprint density at radius 2 is 1.74 bits per heavy atom. The Morgan fingerprint density at radius 3 is 2.30 bits per heavy atom. The molecule has 0 aromatic heterocycles. The summed E-state index contributed by atoms with van der Waals surface area (Å²) in [5, 5.41) is 3.07. The lowest BCUT2D eigenvalue weighted by atomic mass is 10.2. The van der Waals surface area contributed by atoms with Crippen LogP contribution in [0.15, 0.2) is 58.0 Å². The van der Waals surface area contributed by atoms with E-state index in [4.69, 9.17) is 10.5 Å². The number of ether oxygens (including phenoxy) is 1. The summed E-state index contributed by atoms with van der Waals surface area (Å²) < 4.78 is 6.65. The minimum Gasteiger partial charge on any atom is -0.491 e. The smallest absolute Gasteiger partial charge is 0.193 e. The number of halogens is 2. The predicted molar refractivity (Wildman–Crippen MR) is 111 cm³/mol. The molecule has 0 amide bonds. The Bertz CT molecular complexity index is 627. The van der Waals surface area contributed by atoms with Crippen LogP contribution >= 0.6 is 39.9 Å². The second-order valence-electron chi connectivity index (χ2n) is 5.14. The Labute approximate surface area is 162 Å². The number of benzene rings is 2. The fourth-order valence-corrected chi connectivity index (χ4v) is 2.11. The molecule has 4 nitrogen and oxygen atoms in total. The van der Waals surface area contributed by atoms with Crippen molar-refractivity contribution in [2.75, 3.05) is 5.32 Å². The molecule has 0 saturated heterocycles. The molecule has 2 rings (SSSR count). The van der Waals surface area contributed by atoms with Gasteiger partial charge in [-0.1, -0.05) is 28.1 Å². The third-order valence-electron chi connectivity index (χ3n) is 2.84. The lowest BCUT2D eigenvalue weighted by Crippen LogP contribution is -2.22. The summed E-state index contributed by atoms with van der Waals surface area (Å²) in [6.07, 6.45) is 0.163. The standard InChI is InChI=1S/C17H20BrN3O.HI/c1-12(2)22-16-9-7-15(8-10-16)21-17(19)20-11-13-3-5-14(18)6-4-13;/h3-10,12H,11H2,1-2H3,(H3,19,20,21);1H. The monoisotopic (exact) mass is 489 g/mol. The maximum atomic E-state index is 5.90. The second kappa shape index (κ2) is 9.77. The molecule has 2 aromatic carbocycles. The number of aliphatic imine (C=N–C) groups is 1. The SMILES string of the molecule is CC(C)Oc1ccc(NC(N)=NCc2ccc(Br)cc2)cc1.I. The number of nitrogens with one attached hydrogen (secondary N) is 1. The first-order chi connectivity index (χ1) is 10.5. The van der Waals surface area contributed by atoms with Gasteiger partial charge in [-0.3, -0.25) is 0 Å². The van der Waals surface area contributed by atoms with E-state index in [2.05, 4.69) is 26.2 Å². The summed E-state index contributed by atoms with van der Waals surface area (Å²) >= 11 is 3.41. The summed E-state index contributed by atoms with van der Waals surface area (Å²) in [7, 11) is 0. The van der Waals surface area contributed by atoms with Gasteiger partial charge in [-0.05, 0) is 55.8 Å². The van der Waals surface area contributed by atoms with E-state index in [-0.39, 0.29) is 30.1 Å². The van der Waals surface area contributed by atoms with Crippen molar-refractivity contribution < 1.29 is 4.74 Å². The van der Waals surface area contributed by atoms with Crippen molar-refractivity contribution in [3.8, 4) is 5.75 Å². The van der Waals surface area contributed by atoms with E-state index < -0.39 is 0 Å². The fraction of sp³-hybridized carbons (Fsp3) is 0.235. The predicted octanol–water partition coefficient (Wildman–Crippen LogP) is 4.78. The van der Waals surface area contributed by atoms with Crippen LogP contribution in [-0.2, 0) is 6.54 Å². The number of guanidine groups is 1. The summed E-state index contributed by atoms with van der Waals surface area (Å²) in [6, 6.07) is 15.6. The van der Waals surface area contributed by atoms with Crippen molar-refractivity contribution in [2.45, 2.75) is 26.5 Å². The highest BCUT2D eigenvalue weighted by Crippen LogP contribution is 2.17. The third-order valence-corrected chi connectivity index (χ3v) is 3.37. The summed E-state index contributed by atoms with van der Waals surface area (Å²) in [4.78, 5) is 4.33. The molecule has 23 heavy (non-hydrogen) atoms. The van der Waals surface area contributed by atoms with Crippen LogP contribution in [0.25, 0.3) is 0 Å². The van der Waals surface area contributed by atoms with E-state index in [1.54, 1.807) is 0 Å². The van der Waals surface area contributed by atoms with Gasteiger partial charge in [0.05, 0.1) is 12.6 Å². The quantitative estimate of drug-likeness (QED) is 0.361. The van der Waals surface area contributed by atoms with Crippen molar-refractivity contribution in [1.29, 1.82) is 0 Å². The molecule has 0 heterocycles. The molecule has 0 radical (unpaired) electrons. The van der Waals surface area contributed by atoms with E-state index >= 15 is 0 Å². The number of hydrogen-bond acceptors (Lipinski definition) is 2. The Hall–Kier alpha value is -1.28. The van der Waals surface area contributed by atoms with Crippen LogP contribution in [0.5, 0.6) is 5.75 Å². The van der Waals surface area contributed by atoms with Gasteiger partial charge in [0.2, 0.25) is 0 Å². The molecular weight excluding hydrogens is 469 g/mol. The van der Waals surface area contributed by atoms with Crippen LogP contribution in [0.2, 0.25) is 0 Å². The highest BCUT2D eigenvalue weighted by Gasteiger charge is 1.99. The topological polar surface area (TPSA) is 59.6 Å². The number of nitrogens with two attached hydrogens (primary N) is 1. The molecule has 6 heteroatoms. The van der Waals surface area contributed by atoms with Gasteiger partial charge in [-0.2, -0.15) is 0 Å². The van der Waals surface area contributed by atoms with E-state index in [0.717, 1.165) is 21.5 Å². The number of anilines is 1. The number of rotatable bonds is 5. The van der Waals surface area contributed by atoms with E-state index in [9.17, 15) is 0 Å². The van der Waals surface area contributed by atoms with E-state index in [1.165, 1.54) is 0 Å². The number of nitrogens with zero attached hydrogens (tertiary/aromatic N) is 1. The van der Waals surface area contributed by atoms with Crippen molar-refractivity contribution in [2.24, 2.45) is 10.7 Å². The van der Waals surface area contributed by atoms with Crippen molar-refractivity contribution in [3.63, 3.8) is 0 Å². The molecular formula is C17H21BrIN3O. The van der Waals surface area contributed by atoms with Gasteiger partial charge in [-0.25, -0.2) is 4.99 Å². The summed E-state index contributed by atoms with van der Waals surface area (Å²) in [5.41, 5.74) is 7.89. The fourth-order valence-electron chi connectivity index (χ4n) is 1.84. The zero-order valence-electron chi connectivity index (χ0n) is 13.1. The molecule has 0 aliphatic heterocycles. The Kier molecular flexibility index (Phi) is 8.40. The van der Waals surface area contributed by atoms with Crippen molar-refractivity contribution in [3.05, 3.63) is 58.6 Å². The molecule has 3 N–H and O–H groups in total. The van der Waals surface area contributed by atoms with E-state index in [1.807, 2.05) is 62.4 Å². The first kappa shape index (κ1) is 19.8. The second-order valence-corrected chi connectivity index (χ2v) is 6.06. The first-order valence-electron chi connectivity index (χ1n) is 7.11. The van der Waals surface area contributed by atoms with Gasteiger partial charge in [-0.15, -0.1) is 24.0 Å². The van der Waals surface area contributed by atoms with Gasteiger partial charge in [0.15, 0.2) is 5.96 Å². The van der Waals surface area contributed by atoms with Crippen LogP contribution in [0.1, 0.15) is 19.4 Å². The summed E-state index contributed by atoms with van der Waals surface area (Å²) in [6.45, 7) is 4.54. The third kappa shape index (κ3) is 7.22. The van der Waals surface area contributed by atoms with Crippen molar-refractivity contribution in [1.82, 2.24) is 0 Å². The lowest BCUT2D eigenvalue weighted by Gasteiger charge is -2.11. The van der Waals surface area contributed by atoms with Crippen LogP contribution in [0, 0.1) is 0 Å². The highest BCUT2D eigenvalue weighted by atomic mass is 127. The Morgan fingerprint density at radius 1 is 1.13 bits per heavy atom. The normalized spacial score (nSPS) is 11.0. The highest BCUT2D eigenvalue weighted by molar-refractivity contribution is 14.0. The van der Waals surface area contributed by atoms with Gasteiger partial charge < -0.3 is 15.8 Å². The molecule has 0 unspecified atom stereocenters. The minimum absolute atomic E-state index is 0. The van der Waals surface area contributed by atoms with Gasteiger partial charge in [0, 0.05) is 10.2 Å². The zero-order valence-corrected chi connectivity index (χ0v) is 17.0. The molecule has 0 spiro atoms. The van der Waals surface area contributed by atoms with Crippen LogP contribution < -0.4 is 15.8 Å². The molecule has 0 aliphatic carbocycles. The average molecular weight is 490 g/mol. The largest absolute Gasteiger partial charge is 0.491 e. The van der Waals surface area contributed by atoms with E-state index in [0.29, 0.717) is 12.5 Å². The van der Waals surface area contributed by atoms with Gasteiger partial charge >= 0.3 is 0 Å². The molecule has 0 bridgehead atoms. The average Bonchev–Trinajstić information content (AvgIpc) is 2.48. The molecule has 2 aromatic rings.